The Bertz CT molecular complexity index is 281. The van der Waals surface area contributed by atoms with E-state index in [-0.39, 0.29) is 0 Å². The minimum Gasteiger partial charge on any atom is -0.314 e. The summed E-state index contributed by atoms with van der Waals surface area (Å²) in [4.78, 5) is 5.53. The van der Waals surface area contributed by atoms with Crippen LogP contribution in [-0.2, 0) is 0 Å². The molecule has 0 bridgehead atoms. The molecule has 110 valence electrons. The Morgan fingerprint density at radius 2 is 1.89 bits per heavy atom. The largest absolute Gasteiger partial charge is 0.314 e. The number of hydrogen-bond acceptors (Lipinski definition) is 3. The Morgan fingerprint density at radius 3 is 2.79 bits per heavy atom. The van der Waals surface area contributed by atoms with Crippen molar-refractivity contribution >= 4 is 0 Å². The molecule has 2 aliphatic heterocycles. The van der Waals surface area contributed by atoms with E-state index in [0.29, 0.717) is 0 Å². The lowest BCUT2D eigenvalue weighted by molar-refractivity contribution is 0.189. The molecule has 0 aromatic carbocycles. The van der Waals surface area contributed by atoms with Gasteiger partial charge in [0.25, 0.3) is 0 Å². The van der Waals surface area contributed by atoms with Gasteiger partial charge in [0.05, 0.1) is 0 Å². The van der Waals surface area contributed by atoms with Crippen molar-refractivity contribution in [1.29, 1.82) is 0 Å². The van der Waals surface area contributed by atoms with Crippen LogP contribution >= 0.6 is 0 Å². The highest BCUT2D eigenvalue weighted by Gasteiger charge is 2.32. The molecule has 1 N–H and O–H groups in total. The third kappa shape index (κ3) is 3.32. The van der Waals surface area contributed by atoms with E-state index in [0.717, 1.165) is 24.5 Å². The number of rotatable bonds is 4. The van der Waals surface area contributed by atoms with Crippen LogP contribution in [0.3, 0.4) is 0 Å². The van der Waals surface area contributed by atoms with Gasteiger partial charge in [0.15, 0.2) is 0 Å². The van der Waals surface area contributed by atoms with Crippen molar-refractivity contribution in [2.75, 3.05) is 39.3 Å². The number of nitrogens with one attached hydrogen (secondary N) is 1. The average Bonchev–Trinajstić information content (AvgIpc) is 2.97. The van der Waals surface area contributed by atoms with Gasteiger partial charge in [-0.05, 0) is 64.2 Å². The summed E-state index contributed by atoms with van der Waals surface area (Å²) in [6, 6.07) is 1.68. The monoisotopic (exact) mass is 265 g/mol. The van der Waals surface area contributed by atoms with Gasteiger partial charge in [-0.3, -0.25) is 4.90 Å². The second kappa shape index (κ2) is 6.55. The minimum atomic E-state index is 0.799. The van der Waals surface area contributed by atoms with Crippen molar-refractivity contribution in [3.05, 3.63) is 0 Å². The van der Waals surface area contributed by atoms with E-state index in [4.69, 9.17) is 0 Å². The zero-order valence-corrected chi connectivity index (χ0v) is 12.6. The molecule has 3 aliphatic rings. The second-order valence-corrected chi connectivity index (χ2v) is 6.80. The molecule has 0 spiro atoms. The van der Waals surface area contributed by atoms with E-state index >= 15 is 0 Å². The van der Waals surface area contributed by atoms with Crippen molar-refractivity contribution in [2.24, 2.45) is 5.92 Å². The van der Waals surface area contributed by atoms with E-state index in [1.165, 1.54) is 71.2 Å². The molecule has 3 heteroatoms. The van der Waals surface area contributed by atoms with Gasteiger partial charge in [-0.15, -0.1) is 0 Å². The fourth-order valence-corrected chi connectivity index (χ4v) is 4.57. The van der Waals surface area contributed by atoms with Gasteiger partial charge in [-0.1, -0.05) is 13.3 Å². The van der Waals surface area contributed by atoms with E-state index in [1.54, 1.807) is 0 Å². The predicted octanol–water partition coefficient (Wildman–Crippen LogP) is 1.93. The zero-order chi connectivity index (χ0) is 13.1. The van der Waals surface area contributed by atoms with Crippen LogP contribution in [0.4, 0.5) is 0 Å². The Kier molecular flexibility index (Phi) is 4.78. The normalized spacial score (nSPS) is 37.4. The molecule has 3 rings (SSSR count). The molecule has 0 aromatic rings. The van der Waals surface area contributed by atoms with Crippen molar-refractivity contribution in [3.8, 4) is 0 Å². The maximum atomic E-state index is 3.71. The van der Waals surface area contributed by atoms with Gasteiger partial charge < -0.3 is 10.2 Å². The lowest BCUT2D eigenvalue weighted by Gasteiger charge is -2.30. The molecule has 3 nitrogen and oxygen atoms in total. The highest BCUT2D eigenvalue weighted by Crippen LogP contribution is 2.28. The van der Waals surface area contributed by atoms with Gasteiger partial charge in [0.1, 0.15) is 0 Å². The summed E-state index contributed by atoms with van der Waals surface area (Å²) >= 11 is 0. The maximum absolute atomic E-state index is 3.71. The highest BCUT2D eigenvalue weighted by molar-refractivity contribution is 4.89. The van der Waals surface area contributed by atoms with Gasteiger partial charge in [-0.25, -0.2) is 0 Å². The Morgan fingerprint density at radius 1 is 1.00 bits per heavy atom. The van der Waals surface area contributed by atoms with E-state index in [2.05, 4.69) is 22.0 Å². The summed E-state index contributed by atoms with van der Waals surface area (Å²) < 4.78 is 0. The number of nitrogens with zero attached hydrogens (tertiary/aromatic N) is 2. The van der Waals surface area contributed by atoms with E-state index in [1.807, 2.05) is 0 Å². The van der Waals surface area contributed by atoms with Gasteiger partial charge >= 0.3 is 0 Å². The number of hydrogen-bond donors (Lipinski definition) is 1. The Hall–Kier alpha value is -0.120. The van der Waals surface area contributed by atoms with Crippen LogP contribution in [-0.4, -0.2) is 61.2 Å². The zero-order valence-electron chi connectivity index (χ0n) is 12.6. The first-order valence-electron chi connectivity index (χ1n) is 8.56. The summed E-state index contributed by atoms with van der Waals surface area (Å²) in [6.07, 6.45) is 8.55. The van der Waals surface area contributed by atoms with Gasteiger partial charge in [0.2, 0.25) is 0 Å². The molecule has 3 atom stereocenters. The summed E-state index contributed by atoms with van der Waals surface area (Å²) in [5.41, 5.74) is 0. The summed E-state index contributed by atoms with van der Waals surface area (Å²) in [7, 11) is 0. The molecule has 1 saturated carbocycles. The van der Waals surface area contributed by atoms with Crippen molar-refractivity contribution in [1.82, 2.24) is 15.1 Å². The third-order valence-electron chi connectivity index (χ3n) is 5.51. The second-order valence-electron chi connectivity index (χ2n) is 6.80. The Balaban J connectivity index is 1.53. The molecule has 2 saturated heterocycles. The predicted molar refractivity (Wildman–Crippen MR) is 80.5 cm³/mol. The van der Waals surface area contributed by atoms with Crippen LogP contribution in [0.2, 0.25) is 0 Å². The molecule has 0 aromatic heterocycles. The third-order valence-corrected chi connectivity index (χ3v) is 5.51. The van der Waals surface area contributed by atoms with E-state index in [9.17, 15) is 0 Å². The molecular formula is C16H31N3. The summed E-state index contributed by atoms with van der Waals surface area (Å²) in [5, 5.41) is 3.71. The molecule has 0 radical (unpaired) electrons. The van der Waals surface area contributed by atoms with Crippen LogP contribution < -0.4 is 5.32 Å². The molecule has 2 heterocycles. The lowest BCUT2D eigenvalue weighted by Crippen LogP contribution is -2.42. The van der Waals surface area contributed by atoms with Crippen molar-refractivity contribution in [3.63, 3.8) is 0 Å². The van der Waals surface area contributed by atoms with Crippen molar-refractivity contribution < 1.29 is 0 Å². The summed E-state index contributed by atoms with van der Waals surface area (Å²) in [6.45, 7) is 10.1. The van der Waals surface area contributed by atoms with Crippen LogP contribution in [0, 0.1) is 5.92 Å². The molecule has 0 amide bonds. The fourth-order valence-electron chi connectivity index (χ4n) is 4.57. The quantitative estimate of drug-likeness (QED) is 0.838. The standard InChI is InChI=1S/C16H31N3/c1-2-17-16-8-3-6-14(16)12-18-9-5-11-19-10-4-7-15(19)13-18/h14-17H,2-13H2,1H3. The first-order chi connectivity index (χ1) is 9.36. The smallest absolute Gasteiger partial charge is 0.0223 e. The lowest BCUT2D eigenvalue weighted by atomic mass is 10.0. The average molecular weight is 265 g/mol. The molecule has 3 unspecified atom stereocenters. The minimum absolute atomic E-state index is 0.799. The van der Waals surface area contributed by atoms with Crippen LogP contribution in [0.1, 0.15) is 45.4 Å². The van der Waals surface area contributed by atoms with Crippen LogP contribution in [0.15, 0.2) is 0 Å². The van der Waals surface area contributed by atoms with Crippen LogP contribution in [0.25, 0.3) is 0 Å². The molecular weight excluding hydrogens is 234 g/mol. The highest BCUT2D eigenvalue weighted by atomic mass is 15.3. The number of fused-ring (bicyclic) bond motifs is 1. The topological polar surface area (TPSA) is 18.5 Å². The summed E-state index contributed by atoms with van der Waals surface area (Å²) in [5.74, 6) is 0.910. The maximum Gasteiger partial charge on any atom is 0.0223 e. The van der Waals surface area contributed by atoms with Gasteiger partial charge in [0, 0.05) is 25.2 Å². The fraction of sp³-hybridized carbons (Fsp3) is 1.00. The molecule has 3 fully saturated rings. The molecule has 1 aliphatic carbocycles. The van der Waals surface area contributed by atoms with Crippen molar-refractivity contribution in [2.45, 2.75) is 57.5 Å². The van der Waals surface area contributed by atoms with Crippen LogP contribution in [0.5, 0.6) is 0 Å². The Labute approximate surface area is 118 Å². The molecule has 19 heavy (non-hydrogen) atoms. The first-order valence-corrected chi connectivity index (χ1v) is 8.56. The first kappa shape index (κ1) is 13.8. The van der Waals surface area contributed by atoms with E-state index < -0.39 is 0 Å². The SMILES string of the molecule is CCNC1CCCC1CN1CCCN2CCCC2C1. The van der Waals surface area contributed by atoms with Gasteiger partial charge in [-0.2, -0.15) is 0 Å².